The standard InChI is InChI=1S/C16H15F2N/c17-13-3-1-11(2-4-13)12-9-16(10-12)19-15-7-5-14(18)6-8-15/h1-8,12,16,19H,9-10H2. The van der Waals surface area contributed by atoms with E-state index in [-0.39, 0.29) is 11.6 Å². The second kappa shape index (κ2) is 5.00. The molecule has 1 aliphatic rings. The second-order valence-corrected chi connectivity index (χ2v) is 5.07. The van der Waals surface area contributed by atoms with E-state index in [4.69, 9.17) is 0 Å². The summed E-state index contributed by atoms with van der Waals surface area (Å²) in [5.41, 5.74) is 2.14. The van der Waals surface area contributed by atoms with Gasteiger partial charge in [-0.15, -0.1) is 0 Å². The van der Waals surface area contributed by atoms with Gasteiger partial charge in [0.2, 0.25) is 0 Å². The monoisotopic (exact) mass is 259 g/mol. The zero-order chi connectivity index (χ0) is 13.2. The molecule has 0 saturated heterocycles. The molecule has 3 heteroatoms. The predicted octanol–water partition coefficient (Wildman–Crippen LogP) is 4.32. The highest BCUT2D eigenvalue weighted by Gasteiger charge is 2.30. The minimum Gasteiger partial charge on any atom is -0.382 e. The van der Waals surface area contributed by atoms with Crippen LogP contribution in [0.5, 0.6) is 0 Å². The second-order valence-electron chi connectivity index (χ2n) is 5.07. The van der Waals surface area contributed by atoms with Gasteiger partial charge in [0.05, 0.1) is 0 Å². The van der Waals surface area contributed by atoms with Crippen LogP contribution in [0.4, 0.5) is 14.5 Å². The molecule has 1 nitrogen and oxygen atoms in total. The minimum atomic E-state index is -0.219. The van der Waals surface area contributed by atoms with Crippen molar-refractivity contribution in [1.82, 2.24) is 0 Å². The van der Waals surface area contributed by atoms with Crippen LogP contribution < -0.4 is 5.32 Å². The predicted molar refractivity (Wildman–Crippen MR) is 72.2 cm³/mol. The van der Waals surface area contributed by atoms with Gasteiger partial charge in [-0.3, -0.25) is 0 Å². The molecule has 0 aliphatic heterocycles. The Morgan fingerprint density at radius 3 is 1.89 bits per heavy atom. The Kier molecular flexibility index (Phi) is 3.20. The molecule has 0 bridgehead atoms. The van der Waals surface area contributed by atoms with Crippen LogP contribution >= 0.6 is 0 Å². The number of anilines is 1. The summed E-state index contributed by atoms with van der Waals surface area (Å²) in [6, 6.07) is 13.6. The van der Waals surface area contributed by atoms with Gasteiger partial charge in [-0.2, -0.15) is 0 Å². The maximum Gasteiger partial charge on any atom is 0.123 e. The van der Waals surface area contributed by atoms with Crippen molar-refractivity contribution in [2.75, 3.05) is 5.32 Å². The zero-order valence-corrected chi connectivity index (χ0v) is 10.4. The Labute approximate surface area is 111 Å². The molecular formula is C16H15F2N. The lowest BCUT2D eigenvalue weighted by Gasteiger charge is -2.37. The summed E-state index contributed by atoms with van der Waals surface area (Å²) in [5, 5.41) is 3.38. The SMILES string of the molecule is Fc1ccc(NC2CC(c3ccc(F)cc3)C2)cc1. The summed E-state index contributed by atoms with van der Waals surface area (Å²) in [6.45, 7) is 0. The van der Waals surface area contributed by atoms with Gasteiger partial charge in [-0.1, -0.05) is 12.1 Å². The number of halogens is 2. The van der Waals surface area contributed by atoms with Gasteiger partial charge in [0.1, 0.15) is 11.6 Å². The Hall–Kier alpha value is -1.90. The lowest BCUT2D eigenvalue weighted by molar-refractivity contribution is 0.374. The molecule has 0 heterocycles. The van der Waals surface area contributed by atoms with E-state index < -0.39 is 0 Å². The maximum absolute atomic E-state index is 12.8. The lowest BCUT2D eigenvalue weighted by atomic mass is 9.76. The molecule has 1 N–H and O–H groups in total. The largest absolute Gasteiger partial charge is 0.382 e. The molecule has 0 spiro atoms. The first-order valence-corrected chi connectivity index (χ1v) is 6.48. The van der Waals surface area contributed by atoms with Crippen molar-refractivity contribution in [1.29, 1.82) is 0 Å². The number of hydrogen-bond donors (Lipinski definition) is 1. The smallest absolute Gasteiger partial charge is 0.123 e. The fourth-order valence-electron chi connectivity index (χ4n) is 2.52. The number of benzene rings is 2. The van der Waals surface area contributed by atoms with Gasteiger partial charge in [0.25, 0.3) is 0 Å². The van der Waals surface area contributed by atoms with Crippen molar-refractivity contribution in [3.8, 4) is 0 Å². The molecule has 1 saturated carbocycles. The summed E-state index contributed by atoms with van der Waals surface area (Å²) >= 11 is 0. The van der Waals surface area contributed by atoms with E-state index in [1.807, 2.05) is 12.1 Å². The van der Waals surface area contributed by atoms with Crippen LogP contribution in [-0.2, 0) is 0 Å². The third kappa shape index (κ3) is 2.75. The summed E-state index contributed by atoms with van der Waals surface area (Å²) < 4.78 is 25.6. The molecule has 2 aromatic carbocycles. The van der Waals surface area contributed by atoms with E-state index in [1.165, 1.54) is 29.8 Å². The molecular weight excluding hydrogens is 244 g/mol. The van der Waals surface area contributed by atoms with Crippen LogP contribution in [0.3, 0.4) is 0 Å². The van der Waals surface area contributed by atoms with E-state index >= 15 is 0 Å². The van der Waals surface area contributed by atoms with Crippen molar-refractivity contribution < 1.29 is 8.78 Å². The zero-order valence-electron chi connectivity index (χ0n) is 10.4. The van der Waals surface area contributed by atoms with Gasteiger partial charge in [0.15, 0.2) is 0 Å². The molecule has 19 heavy (non-hydrogen) atoms. The minimum absolute atomic E-state index is 0.191. The molecule has 1 fully saturated rings. The highest BCUT2D eigenvalue weighted by atomic mass is 19.1. The highest BCUT2D eigenvalue weighted by molar-refractivity contribution is 5.45. The first-order valence-electron chi connectivity index (χ1n) is 6.48. The lowest BCUT2D eigenvalue weighted by Crippen LogP contribution is -2.33. The molecule has 0 atom stereocenters. The van der Waals surface area contributed by atoms with Crippen LogP contribution in [0.1, 0.15) is 24.3 Å². The van der Waals surface area contributed by atoms with Crippen LogP contribution in [0, 0.1) is 11.6 Å². The van der Waals surface area contributed by atoms with Crippen LogP contribution in [0.25, 0.3) is 0 Å². The first-order chi connectivity index (χ1) is 9.20. The highest BCUT2D eigenvalue weighted by Crippen LogP contribution is 2.38. The Balaban J connectivity index is 1.55. The fraction of sp³-hybridized carbons (Fsp3) is 0.250. The van der Waals surface area contributed by atoms with Gasteiger partial charge >= 0.3 is 0 Å². The molecule has 3 rings (SSSR count). The third-order valence-corrected chi connectivity index (χ3v) is 3.69. The van der Waals surface area contributed by atoms with Crippen molar-refractivity contribution in [2.24, 2.45) is 0 Å². The first kappa shape index (κ1) is 12.2. The summed E-state index contributed by atoms with van der Waals surface area (Å²) in [5.74, 6) is 0.0888. The molecule has 98 valence electrons. The third-order valence-electron chi connectivity index (χ3n) is 3.69. The van der Waals surface area contributed by atoms with Crippen molar-refractivity contribution in [3.63, 3.8) is 0 Å². The fourth-order valence-corrected chi connectivity index (χ4v) is 2.52. The molecule has 0 unspecified atom stereocenters. The molecule has 0 aromatic heterocycles. The van der Waals surface area contributed by atoms with E-state index in [2.05, 4.69) is 5.32 Å². The van der Waals surface area contributed by atoms with Crippen molar-refractivity contribution in [2.45, 2.75) is 24.8 Å². The quantitative estimate of drug-likeness (QED) is 0.865. The molecule has 2 aromatic rings. The van der Waals surface area contributed by atoms with Crippen molar-refractivity contribution in [3.05, 3.63) is 65.7 Å². The average molecular weight is 259 g/mol. The summed E-state index contributed by atoms with van der Waals surface area (Å²) in [4.78, 5) is 0. The molecule has 0 radical (unpaired) electrons. The number of hydrogen-bond acceptors (Lipinski definition) is 1. The summed E-state index contributed by atoms with van der Waals surface area (Å²) in [7, 11) is 0. The number of nitrogens with one attached hydrogen (secondary N) is 1. The Morgan fingerprint density at radius 2 is 1.32 bits per heavy atom. The van der Waals surface area contributed by atoms with E-state index in [0.717, 1.165) is 18.5 Å². The topological polar surface area (TPSA) is 12.0 Å². The van der Waals surface area contributed by atoms with Gasteiger partial charge < -0.3 is 5.32 Å². The van der Waals surface area contributed by atoms with E-state index in [9.17, 15) is 8.78 Å². The van der Waals surface area contributed by atoms with Crippen LogP contribution in [0.15, 0.2) is 48.5 Å². The molecule has 0 amide bonds. The Morgan fingerprint density at radius 1 is 0.789 bits per heavy atom. The Bertz CT molecular complexity index is 542. The van der Waals surface area contributed by atoms with Crippen LogP contribution in [0.2, 0.25) is 0 Å². The van der Waals surface area contributed by atoms with Crippen molar-refractivity contribution >= 4 is 5.69 Å². The maximum atomic E-state index is 12.8. The van der Waals surface area contributed by atoms with Gasteiger partial charge in [-0.25, -0.2) is 8.78 Å². The van der Waals surface area contributed by atoms with Gasteiger partial charge in [-0.05, 0) is 60.7 Å². The summed E-state index contributed by atoms with van der Waals surface area (Å²) in [6.07, 6.45) is 2.06. The normalized spacial score (nSPS) is 21.8. The molecule has 1 aliphatic carbocycles. The average Bonchev–Trinajstić information content (AvgIpc) is 2.37. The number of rotatable bonds is 3. The van der Waals surface area contributed by atoms with E-state index in [0.29, 0.717) is 12.0 Å². The van der Waals surface area contributed by atoms with E-state index in [1.54, 1.807) is 12.1 Å². The van der Waals surface area contributed by atoms with Crippen LogP contribution in [-0.4, -0.2) is 6.04 Å². The van der Waals surface area contributed by atoms with Gasteiger partial charge in [0, 0.05) is 11.7 Å².